The Kier molecular flexibility index (Phi) is 4.49. The number of hydrogen-bond donors (Lipinski definition) is 0. The summed E-state index contributed by atoms with van der Waals surface area (Å²) in [7, 11) is 0. The highest BCUT2D eigenvalue weighted by molar-refractivity contribution is 6.10. The van der Waals surface area contributed by atoms with Crippen LogP contribution < -0.4 is 0 Å². The van der Waals surface area contributed by atoms with Crippen LogP contribution in [0, 0.1) is 17.1 Å². The number of benzene rings is 3. The van der Waals surface area contributed by atoms with Crippen molar-refractivity contribution in [3.05, 3.63) is 107 Å². The maximum atomic E-state index is 13.1. The van der Waals surface area contributed by atoms with Gasteiger partial charge < -0.3 is 0 Å². The molecule has 1 atom stereocenters. The average Bonchev–Trinajstić information content (AvgIpc) is 2.64. The van der Waals surface area contributed by atoms with E-state index in [1.54, 1.807) is 60.7 Å². The number of halogens is 1. The molecule has 3 aromatic rings. The molecule has 0 aromatic heterocycles. The minimum Gasteiger partial charge on any atom is -0.289 e. The Labute approximate surface area is 139 Å². The largest absolute Gasteiger partial charge is 0.289 e. The zero-order valence-electron chi connectivity index (χ0n) is 12.8. The van der Waals surface area contributed by atoms with Gasteiger partial charge in [-0.3, -0.25) is 4.79 Å². The lowest BCUT2D eigenvalue weighted by Gasteiger charge is -2.14. The van der Waals surface area contributed by atoms with E-state index in [-0.39, 0.29) is 11.6 Å². The first-order valence-corrected chi connectivity index (χ1v) is 7.54. The quantitative estimate of drug-likeness (QED) is 0.654. The van der Waals surface area contributed by atoms with Crippen molar-refractivity contribution >= 4 is 5.78 Å². The third-order valence-corrected chi connectivity index (χ3v) is 3.88. The molecule has 0 N–H and O–H groups in total. The number of ketones is 1. The summed E-state index contributed by atoms with van der Waals surface area (Å²) in [6, 6.07) is 24.0. The Morgan fingerprint density at radius 3 is 2.17 bits per heavy atom. The first-order valence-electron chi connectivity index (χ1n) is 7.54. The van der Waals surface area contributed by atoms with Crippen molar-refractivity contribution in [2.45, 2.75) is 5.92 Å². The predicted molar refractivity (Wildman–Crippen MR) is 90.2 cm³/mol. The van der Waals surface area contributed by atoms with Crippen molar-refractivity contribution in [3.63, 3.8) is 0 Å². The molecule has 3 heteroatoms. The van der Waals surface area contributed by atoms with Crippen molar-refractivity contribution in [2.75, 3.05) is 0 Å². The van der Waals surface area contributed by atoms with Gasteiger partial charge in [-0.15, -0.1) is 0 Å². The number of rotatable bonds is 4. The number of hydrogen-bond acceptors (Lipinski definition) is 2. The van der Waals surface area contributed by atoms with Gasteiger partial charge in [0.2, 0.25) is 0 Å². The van der Waals surface area contributed by atoms with Gasteiger partial charge in [-0.05, 0) is 23.3 Å². The minimum atomic E-state index is -0.630. The number of nitriles is 1. The van der Waals surface area contributed by atoms with Crippen LogP contribution in [0.1, 0.15) is 33.0 Å². The van der Waals surface area contributed by atoms with Crippen molar-refractivity contribution in [1.82, 2.24) is 0 Å². The molecule has 2 nitrogen and oxygen atoms in total. The number of nitrogens with zero attached hydrogens (tertiary/aromatic N) is 1. The van der Waals surface area contributed by atoms with Crippen LogP contribution >= 0.6 is 0 Å². The van der Waals surface area contributed by atoms with Crippen molar-refractivity contribution in [1.29, 1.82) is 5.26 Å². The molecular formula is C21H14FNO. The second kappa shape index (κ2) is 6.89. The molecule has 0 heterocycles. The van der Waals surface area contributed by atoms with Crippen molar-refractivity contribution < 1.29 is 9.18 Å². The molecule has 0 amide bonds. The van der Waals surface area contributed by atoms with E-state index in [2.05, 4.69) is 6.07 Å². The van der Waals surface area contributed by atoms with Crippen LogP contribution in [0.15, 0.2) is 78.9 Å². The van der Waals surface area contributed by atoms with Crippen LogP contribution in [0.5, 0.6) is 0 Å². The summed E-state index contributed by atoms with van der Waals surface area (Å²) in [4.78, 5) is 12.8. The van der Waals surface area contributed by atoms with Crippen LogP contribution in [0.4, 0.5) is 4.39 Å². The maximum absolute atomic E-state index is 13.1. The molecule has 0 radical (unpaired) electrons. The molecule has 0 aliphatic heterocycles. The highest BCUT2D eigenvalue weighted by atomic mass is 19.1. The summed E-state index contributed by atoms with van der Waals surface area (Å²) < 4.78 is 13.1. The van der Waals surface area contributed by atoms with Gasteiger partial charge in [0.1, 0.15) is 5.82 Å². The Morgan fingerprint density at radius 2 is 1.50 bits per heavy atom. The van der Waals surface area contributed by atoms with Crippen LogP contribution in [0.3, 0.4) is 0 Å². The zero-order valence-corrected chi connectivity index (χ0v) is 12.8. The van der Waals surface area contributed by atoms with E-state index < -0.39 is 5.92 Å². The Bertz CT molecular complexity index is 895. The van der Waals surface area contributed by atoms with E-state index in [1.807, 2.05) is 6.07 Å². The van der Waals surface area contributed by atoms with E-state index in [0.717, 1.165) is 0 Å². The van der Waals surface area contributed by atoms with Crippen molar-refractivity contribution in [3.8, 4) is 6.07 Å². The zero-order chi connectivity index (χ0) is 16.9. The van der Waals surface area contributed by atoms with E-state index in [0.29, 0.717) is 22.3 Å². The Morgan fingerprint density at radius 1 is 0.875 bits per heavy atom. The van der Waals surface area contributed by atoms with Crippen LogP contribution in [0.25, 0.3) is 0 Å². The summed E-state index contributed by atoms with van der Waals surface area (Å²) >= 11 is 0. The monoisotopic (exact) mass is 315 g/mol. The fraction of sp³-hybridized carbons (Fsp3) is 0.0476. The predicted octanol–water partition coefficient (Wildman–Crippen LogP) is 4.71. The number of carbonyl (C=O) groups is 1. The molecule has 1 unspecified atom stereocenters. The summed E-state index contributed by atoms with van der Waals surface area (Å²) in [5, 5.41) is 9.62. The third-order valence-electron chi connectivity index (χ3n) is 3.88. The van der Waals surface area contributed by atoms with Gasteiger partial charge in [-0.2, -0.15) is 5.26 Å². The van der Waals surface area contributed by atoms with Crippen LogP contribution in [0.2, 0.25) is 0 Å². The fourth-order valence-electron chi connectivity index (χ4n) is 2.68. The Balaban J connectivity index is 2.07. The average molecular weight is 315 g/mol. The lowest BCUT2D eigenvalue weighted by molar-refractivity contribution is 0.103. The summed E-state index contributed by atoms with van der Waals surface area (Å²) in [6.45, 7) is 0. The van der Waals surface area contributed by atoms with Gasteiger partial charge in [-0.1, -0.05) is 66.7 Å². The van der Waals surface area contributed by atoms with Gasteiger partial charge in [0.05, 0.1) is 12.0 Å². The molecule has 116 valence electrons. The SMILES string of the molecule is N#CC(c1ccc(F)cc1)c1ccccc1C(=O)c1ccccc1. The third kappa shape index (κ3) is 3.09. The molecule has 3 aromatic carbocycles. The molecule has 0 fully saturated rings. The molecular weight excluding hydrogens is 301 g/mol. The summed E-state index contributed by atoms with van der Waals surface area (Å²) in [5.41, 5.74) is 2.34. The lowest BCUT2D eigenvalue weighted by atomic mass is 9.86. The molecule has 3 rings (SSSR count). The minimum absolute atomic E-state index is 0.131. The lowest BCUT2D eigenvalue weighted by Crippen LogP contribution is -2.09. The molecule has 0 spiro atoms. The van der Waals surface area contributed by atoms with Gasteiger partial charge in [-0.25, -0.2) is 4.39 Å². The molecule has 0 saturated carbocycles. The highest BCUT2D eigenvalue weighted by Gasteiger charge is 2.21. The first-order chi connectivity index (χ1) is 11.7. The summed E-state index contributed by atoms with van der Waals surface area (Å²) in [5.74, 6) is -1.12. The molecule has 24 heavy (non-hydrogen) atoms. The summed E-state index contributed by atoms with van der Waals surface area (Å²) in [6.07, 6.45) is 0. The normalized spacial score (nSPS) is 11.5. The fourth-order valence-corrected chi connectivity index (χ4v) is 2.68. The van der Waals surface area contributed by atoms with E-state index in [4.69, 9.17) is 0 Å². The smallest absolute Gasteiger partial charge is 0.193 e. The van der Waals surface area contributed by atoms with Gasteiger partial charge in [0.15, 0.2) is 5.78 Å². The molecule has 0 aliphatic carbocycles. The standard InChI is InChI=1S/C21H14FNO/c22-17-12-10-15(11-13-17)20(14-23)18-8-4-5-9-19(18)21(24)16-6-2-1-3-7-16/h1-13,20H. The molecule has 0 bridgehead atoms. The topological polar surface area (TPSA) is 40.9 Å². The first kappa shape index (κ1) is 15.6. The van der Waals surface area contributed by atoms with Gasteiger partial charge >= 0.3 is 0 Å². The van der Waals surface area contributed by atoms with Gasteiger partial charge in [0.25, 0.3) is 0 Å². The van der Waals surface area contributed by atoms with Crippen LogP contribution in [-0.4, -0.2) is 5.78 Å². The van der Waals surface area contributed by atoms with Gasteiger partial charge in [0, 0.05) is 11.1 Å². The van der Waals surface area contributed by atoms with E-state index in [9.17, 15) is 14.4 Å². The molecule has 0 saturated heterocycles. The van der Waals surface area contributed by atoms with E-state index in [1.165, 1.54) is 12.1 Å². The number of carbonyl (C=O) groups excluding carboxylic acids is 1. The Hall–Kier alpha value is -3.25. The molecule has 0 aliphatic rings. The second-order valence-corrected chi connectivity index (χ2v) is 5.40. The second-order valence-electron chi connectivity index (χ2n) is 5.40. The van der Waals surface area contributed by atoms with Crippen LogP contribution in [-0.2, 0) is 0 Å². The van der Waals surface area contributed by atoms with Crippen molar-refractivity contribution in [2.24, 2.45) is 0 Å². The van der Waals surface area contributed by atoms with E-state index >= 15 is 0 Å². The maximum Gasteiger partial charge on any atom is 0.193 e. The highest BCUT2D eigenvalue weighted by Crippen LogP contribution is 2.28.